The monoisotopic (exact) mass is 315 g/mol. The van der Waals surface area contributed by atoms with Gasteiger partial charge in [-0.1, -0.05) is 0 Å². The van der Waals surface area contributed by atoms with Crippen molar-refractivity contribution in [3.8, 4) is 0 Å². The first-order valence-corrected chi connectivity index (χ1v) is 4.23. The topological polar surface area (TPSA) is 26.0 Å². The fourth-order valence-electron chi connectivity index (χ4n) is 0.735. The van der Waals surface area contributed by atoms with Crippen LogP contribution in [0.5, 0.6) is 0 Å². The summed E-state index contributed by atoms with van der Waals surface area (Å²) in [5, 5.41) is 0. The second-order valence-corrected chi connectivity index (χ2v) is 3.31. The number of nitrogens with zero attached hydrogens (tertiary/aromatic N) is 1. The van der Waals surface area contributed by atoms with Crippen LogP contribution in [0.3, 0.4) is 0 Å². The van der Waals surface area contributed by atoms with Gasteiger partial charge in [0, 0.05) is 15.9 Å². The molecule has 0 aliphatic carbocycles. The molecular formula is C6HBrF7NO. The smallest absolute Gasteiger partial charge is 0.439 e. The van der Waals surface area contributed by atoms with Gasteiger partial charge < -0.3 is 4.42 Å². The zero-order chi connectivity index (χ0) is 12.8. The lowest BCUT2D eigenvalue weighted by molar-refractivity contribution is -0.360. The van der Waals surface area contributed by atoms with Gasteiger partial charge in [0.1, 0.15) is 6.26 Å². The molecule has 1 aromatic heterocycles. The van der Waals surface area contributed by atoms with E-state index in [1.54, 1.807) is 0 Å². The van der Waals surface area contributed by atoms with Gasteiger partial charge in [-0.2, -0.15) is 30.7 Å². The minimum absolute atomic E-state index is 0.0176. The van der Waals surface area contributed by atoms with E-state index < -0.39 is 28.5 Å². The predicted molar refractivity (Wildman–Crippen MR) is 39.1 cm³/mol. The van der Waals surface area contributed by atoms with Crippen molar-refractivity contribution in [1.82, 2.24) is 4.98 Å². The zero-order valence-corrected chi connectivity index (χ0v) is 8.54. The summed E-state index contributed by atoms with van der Waals surface area (Å²) in [6.45, 7) is 0. The highest BCUT2D eigenvalue weighted by atomic mass is 79.9. The van der Waals surface area contributed by atoms with Gasteiger partial charge in [0.2, 0.25) is 0 Å². The molecule has 0 bridgehead atoms. The van der Waals surface area contributed by atoms with E-state index in [0.717, 1.165) is 0 Å². The summed E-state index contributed by atoms with van der Waals surface area (Å²) in [4.78, 5) is 2.06. The number of oxazole rings is 1. The predicted octanol–water partition coefficient (Wildman–Crippen LogP) is 3.73. The number of hydrogen-bond donors (Lipinski definition) is 0. The van der Waals surface area contributed by atoms with E-state index in [0.29, 0.717) is 0 Å². The van der Waals surface area contributed by atoms with Gasteiger partial charge in [0.15, 0.2) is 5.69 Å². The summed E-state index contributed by atoms with van der Waals surface area (Å²) < 4.78 is 89.8. The molecule has 10 heteroatoms. The Labute approximate surface area is 91.6 Å². The third-order valence-corrected chi connectivity index (χ3v) is 1.91. The third kappa shape index (κ3) is 1.89. The number of aromatic nitrogens is 1. The summed E-state index contributed by atoms with van der Waals surface area (Å²) in [7, 11) is 0. The molecule has 0 saturated carbocycles. The van der Waals surface area contributed by atoms with Crippen molar-refractivity contribution in [3.63, 3.8) is 0 Å². The summed E-state index contributed by atoms with van der Waals surface area (Å²) in [6.07, 6.45) is -6.37. The highest BCUT2D eigenvalue weighted by molar-refractivity contribution is 9.10. The molecule has 0 atom stereocenters. The molecule has 1 aromatic rings. The molecule has 0 aliphatic heterocycles. The maximum Gasteiger partial charge on any atom is 0.460 e. The van der Waals surface area contributed by atoms with Crippen LogP contribution in [0.2, 0.25) is 0 Å². The minimum Gasteiger partial charge on any atom is -0.439 e. The van der Waals surface area contributed by atoms with E-state index in [1.807, 2.05) is 0 Å². The standard InChI is InChI=1S/C6HBrF7NO/c7-3-15-2(1-16-3)4(8,9)5(10,11)6(12,13)14/h1H. The fourth-order valence-corrected chi connectivity index (χ4v) is 1.02. The highest BCUT2D eigenvalue weighted by Crippen LogP contribution is 2.51. The van der Waals surface area contributed by atoms with Crippen LogP contribution < -0.4 is 0 Å². The van der Waals surface area contributed by atoms with Crippen LogP contribution in [0.1, 0.15) is 5.69 Å². The second-order valence-electron chi connectivity index (χ2n) is 2.63. The van der Waals surface area contributed by atoms with Crippen molar-refractivity contribution in [3.05, 3.63) is 16.8 Å². The maximum absolute atomic E-state index is 12.8. The van der Waals surface area contributed by atoms with E-state index >= 15 is 0 Å². The van der Waals surface area contributed by atoms with Gasteiger partial charge in [0.25, 0.3) is 4.80 Å². The van der Waals surface area contributed by atoms with Gasteiger partial charge in [0.05, 0.1) is 0 Å². The number of alkyl halides is 7. The number of halogens is 8. The Balaban J connectivity index is 3.21. The normalized spacial score (nSPS) is 14.2. The first-order valence-electron chi connectivity index (χ1n) is 3.44. The molecule has 92 valence electrons. The Bertz CT molecular complexity index is 384. The van der Waals surface area contributed by atoms with Gasteiger partial charge >= 0.3 is 18.0 Å². The van der Waals surface area contributed by atoms with Crippen molar-refractivity contribution in [2.75, 3.05) is 0 Å². The largest absolute Gasteiger partial charge is 0.460 e. The van der Waals surface area contributed by atoms with E-state index in [2.05, 4.69) is 25.3 Å². The van der Waals surface area contributed by atoms with Crippen LogP contribution in [0.15, 0.2) is 15.5 Å². The maximum atomic E-state index is 12.8. The van der Waals surface area contributed by atoms with Gasteiger partial charge in [-0.15, -0.1) is 0 Å². The van der Waals surface area contributed by atoms with Crippen LogP contribution in [-0.4, -0.2) is 17.1 Å². The molecule has 0 saturated heterocycles. The molecule has 2 nitrogen and oxygen atoms in total. The second kappa shape index (κ2) is 3.60. The van der Waals surface area contributed by atoms with Gasteiger partial charge in [-0.25, -0.2) is 4.98 Å². The van der Waals surface area contributed by atoms with Crippen LogP contribution in [0.4, 0.5) is 30.7 Å². The van der Waals surface area contributed by atoms with E-state index in [-0.39, 0.29) is 6.26 Å². The van der Waals surface area contributed by atoms with Crippen LogP contribution in [0.25, 0.3) is 0 Å². The highest BCUT2D eigenvalue weighted by Gasteiger charge is 2.74. The fraction of sp³-hybridized carbons (Fsp3) is 0.500. The summed E-state index contributed by atoms with van der Waals surface area (Å²) in [5.74, 6) is -11.7. The van der Waals surface area contributed by atoms with E-state index in [4.69, 9.17) is 0 Å². The molecule has 0 N–H and O–H groups in total. The van der Waals surface area contributed by atoms with Gasteiger partial charge in [-0.3, -0.25) is 0 Å². The Morgan fingerprint density at radius 3 is 1.88 bits per heavy atom. The molecule has 0 spiro atoms. The molecule has 1 heterocycles. The molecule has 0 radical (unpaired) electrons. The van der Waals surface area contributed by atoms with E-state index in [9.17, 15) is 30.7 Å². The molecule has 0 fully saturated rings. The third-order valence-electron chi connectivity index (χ3n) is 1.55. The summed E-state index contributed by atoms with van der Waals surface area (Å²) >= 11 is 2.40. The van der Waals surface area contributed by atoms with Crippen LogP contribution >= 0.6 is 15.9 Å². The van der Waals surface area contributed by atoms with Crippen molar-refractivity contribution < 1.29 is 35.2 Å². The molecule has 0 aliphatic rings. The molecule has 0 unspecified atom stereocenters. The lowest BCUT2D eigenvalue weighted by atomic mass is 10.1. The quantitative estimate of drug-likeness (QED) is 0.777. The summed E-state index contributed by atoms with van der Waals surface area (Å²) in [6, 6.07) is 0. The Kier molecular flexibility index (Phi) is 2.99. The SMILES string of the molecule is FC(F)(F)C(F)(F)C(F)(F)c1coc(Br)n1. The van der Waals surface area contributed by atoms with Crippen molar-refractivity contribution >= 4 is 15.9 Å². The number of rotatable bonds is 2. The molecule has 0 amide bonds. The number of hydrogen-bond acceptors (Lipinski definition) is 2. The molecule has 1 rings (SSSR count). The van der Waals surface area contributed by atoms with Crippen LogP contribution in [-0.2, 0) is 5.92 Å². The van der Waals surface area contributed by atoms with Crippen molar-refractivity contribution in [2.45, 2.75) is 18.0 Å². The average molecular weight is 316 g/mol. The molecule has 16 heavy (non-hydrogen) atoms. The van der Waals surface area contributed by atoms with Gasteiger partial charge in [-0.05, 0) is 0 Å². The summed E-state index contributed by atoms with van der Waals surface area (Å²) in [5.41, 5.74) is -1.80. The van der Waals surface area contributed by atoms with Crippen molar-refractivity contribution in [2.24, 2.45) is 0 Å². The van der Waals surface area contributed by atoms with E-state index in [1.165, 1.54) is 0 Å². The van der Waals surface area contributed by atoms with Crippen molar-refractivity contribution in [1.29, 1.82) is 0 Å². The average Bonchev–Trinajstić information content (AvgIpc) is 2.49. The first-order chi connectivity index (χ1) is 7.00. The Morgan fingerprint density at radius 1 is 1.06 bits per heavy atom. The Hall–Kier alpha value is -0.800. The first kappa shape index (κ1) is 13.3. The molecular weight excluding hydrogens is 315 g/mol. The van der Waals surface area contributed by atoms with Crippen LogP contribution in [0, 0.1) is 0 Å². The zero-order valence-electron chi connectivity index (χ0n) is 6.96. The minimum atomic E-state index is -6.39. The lowest BCUT2D eigenvalue weighted by Gasteiger charge is -2.26. The lowest BCUT2D eigenvalue weighted by Crippen LogP contribution is -2.50. The Morgan fingerprint density at radius 2 is 1.56 bits per heavy atom. The molecule has 0 aromatic carbocycles.